The molecule has 0 amide bonds. The molecule has 2 aromatic rings. The lowest BCUT2D eigenvalue weighted by Crippen LogP contribution is -2.01. The standard InChI is InChI=1S/C11H8Cl2OS2/c12-5-7-1-3-15-10(7)9(14)11-8(6-13)2-4-16-11/h1-4H,5-6H2. The van der Waals surface area contributed by atoms with E-state index in [1.165, 1.54) is 22.7 Å². The Labute approximate surface area is 112 Å². The van der Waals surface area contributed by atoms with Crippen LogP contribution in [0.1, 0.15) is 25.7 Å². The van der Waals surface area contributed by atoms with Crippen LogP contribution in [0.2, 0.25) is 0 Å². The average Bonchev–Trinajstić information content (AvgIpc) is 2.96. The van der Waals surface area contributed by atoms with Crippen molar-refractivity contribution in [2.45, 2.75) is 11.8 Å². The maximum Gasteiger partial charge on any atom is 0.213 e. The van der Waals surface area contributed by atoms with Gasteiger partial charge < -0.3 is 0 Å². The van der Waals surface area contributed by atoms with E-state index in [0.717, 1.165) is 20.9 Å². The highest BCUT2D eigenvalue weighted by atomic mass is 35.5. The largest absolute Gasteiger partial charge is 0.287 e. The smallest absolute Gasteiger partial charge is 0.213 e. The van der Waals surface area contributed by atoms with Crippen LogP contribution in [0.5, 0.6) is 0 Å². The first-order valence-corrected chi connectivity index (χ1v) is 7.40. The van der Waals surface area contributed by atoms with Crippen LogP contribution in [-0.2, 0) is 11.8 Å². The molecule has 0 spiro atoms. The maximum absolute atomic E-state index is 12.2. The highest BCUT2D eigenvalue weighted by Gasteiger charge is 2.18. The van der Waals surface area contributed by atoms with Gasteiger partial charge in [-0.25, -0.2) is 0 Å². The van der Waals surface area contributed by atoms with E-state index in [1.807, 2.05) is 22.9 Å². The molecular formula is C11H8Cl2OS2. The van der Waals surface area contributed by atoms with E-state index in [9.17, 15) is 4.79 Å². The SMILES string of the molecule is O=C(c1sccc1CCl)c1sccc1CCl. The third kappa shape index (κ3) is 2.18. The molecule has 0 aliphatic rings. The third-order valence-corrected chi connectivity index (χ3v) is 4.68. The van der Waals surface area contributed by atoms with Gasteiger partial charge in [-0.3, -0.25) is 4.79 Å². The van der Waals surface area contributed by atoms with Crippen molar-refractivity contribution in [2.75, 3.05) is 0 Å². The summed E-state index contributed by atoms with van der Waals surface area (Å²) in [4.78, 5) is 13.7. The quantitative estimate of drug-likeness (QED) is 0.598. The molecule has 1 nitrogen and oxygen atoms in total. The van der Waals surface area contributed by atoms with Crippen LogP contribution in [-0.4, -0.2) is 5.78 Å². The molecule has 0 bridgehead atoms. The Kier molecular flexibility index (Phi) is 4.03. The van der Waals surface area contributed by atoms with E-state index in [2.05, 4.69) is 0 Å². The number of carbonyl (C=O) groups is 1. The van der Waals surface area contributed by atoms with E-state index in [1.54, 1.807) is 0 Å². The van der Waals surface area contributed by atoms with E-state index in [-0.39, 0.29) is 5.78 Å². The number of alkyl halides is 2. The second-order valence-electron chi connectivity index (χ2n) is 3.15. The van der Waals surface area contributed by atoms with Crippen molar-refractivity contribution < 1.29 is 4.79 Å². The summed E-state index contributed by atoms with van der Waals surface area (Å²) in [6.07, 6.45) is 0. The third-order valence-electron chi connectivity index (χ3n) is 2.19. The molecule has 2 rings (SSSR count). The zero-order valence-electron chi connectivity index (χ0n) is 8.20. The van der Waals surface area contributed by atoms with Gasteiger partial charge in [-0.1, -0.05) is 0 Å². The number of ketones is 1. The number of hydrogen-bond donors (Lipinski definition) is 0. The van der Waals surface area contributed by atoms with Crippen molar-refractivity contribution in [3.8, 4) is 0 Å². The monoisotopic (exact) mass is 290 g/mol. The molecule has 16 heavy (non-hydrogen) atoms. The van der Waals surface area contributed by atoms with E-state index in [4.69, 9.17) is 23.2 Å². The summed E-state index contributed by atoms with van der Waals surface area (Å²) in [5.74, 6) is 0.773. The first-order valence-electron chi connectivity index (χ1n) is 4.57. The highest BCUT2D eigenvalue weighted by molar-refractivity contribution is 7.16. The highest BCUT2D eigenvalue weighted by Crippen LogP contribution is 2.27. The van der Waals surface area contributed by atoms with Gasteiger partial charge in [-0.2, -0.15) is 0 Å². The van der Waals surface area contributed by atoms with Crippen LogP contribution in [0.15, 0.2) is 22.9 Å². The van der Waals surface area contributed by atoms with Crippen molar-refractivity contribution in [2.24, 2.45) is 0 Å². The lowest BCUT2D eigenvalue weighted by Gasteiger charge is -2.00. The van der Waals surface area contributed by atoms with Crippen molar-refractivity contribution in [3.63, 3.8) is 0 Å². The maximum atomic E-state index is 12.2. The molecule has 0 saturated carbocycles. The van der Waals surface area contributed by atoms with E-state index >= 15 is 0 Å². The molecule has 0 N–H and O–H groups in total. The zero-order valence-corrected chi connectivity index (χ0v) is 11.3. The summed E-state index contributed by atoms with van der Waals surface area (Å²) >= 11 is 14.4. The molecular weight excluding hydrogens is 283 g/mol. The molecule has 0 atom stereocenters. The minimum Gasteiger partial charge on any atom is -0.287 e. The molecule has 0 radical (unpaired) electrons. The van der Waals surface area contributed by atoms with Crippen molar-refractivity contribution >= 4 is 51.7 Å². The number of rotatable bonds is 4. The van der Waals surface area contributed by atoms with E-state index in [0.29, 0.717) is 11.8 Å². The van der Waals surface area contributed by atoms with Gasteiger partial charge in [-0.05, 0) is 34.0 Å². The Morgan fingerprint density at radius 2 is 1.44 bits per heavy atom. The van der Waals surface area contributed by atoms with Gasteiger partial charge in [0.05, 0.1) is 9.75 Å². The van der Waals surface area contributed by atoms with Crippen molar-refractivity contribution in [3.05, 3.63) is 43.8 Å². The molecule has 84 valence electrons. The van der Waals surface area contributed by atoms with Crippen molar-refractivity contribution in [1.29, 1.82) is 0 Å². The Balaban J connectivity index is 2.39. The Morgan fingerprint density at radius 3 is 1.81 bits per heavy atom. The summed E-state index contributed by atoms with van der Waals surface area (Å²) < 4.78 is 0. The van der Waals surface area contributed by atoms with Gasteiger partial charge in [0, 0.05) is 11.8 Å². The van der Waals surface area contributed by atoms with Crippen LogP contribution in [0.3, 0.4) is 0 Å². The Morgan fingerprint density at radius 1 is 1.00 bits per heavy atom. The fraction of sp³-hybridized carbons (Fsp3) is 0.182. The molecule has 0 aliphatic carbocycles. The fourth-order valence-electron chi connectivity index (χ4n) is 1.38. The fourth-order valence-corrected chi connectivity index (χ4v) is 3.79. The lowest BCUT2D eigenvalue weighted by molar-refractivity contribution is 0.104. The Hall–Kier alpha value is -0.350. The molecule has 0 fully saturated rings. The second-order valence-corrected chi connectivity index (χ2v) is 5.51. The number of thiophene rings is 2. The molecule has 5 heteroatoms. The summed E-state index contributed by atoms with van der Waals surface area (Å²) in [6.45, 7) is 0. The first-order chi connectivity index (χ1) is 7.77. The normalized spacial score (nSPS) is 10.6. The van der Waals surface area contributed by atoms with Crippen LogP contribution in [0, 0.1) is 0 Å². The minimum atomic E-state index is 0.0382. The summed E-state index contributed by atoms with van der Waals surface area (Å²) in [6, 6.07) is 3.78. The van der Waals surface area contributed by atoms with Crippen molar-refractivity contribution in [1.82, 2.24) is 0 Å². The molecule has 0 aliphatic heterocycles. The molecule has 2 aromatic heterocycles. The molecule has 2 heterocycles. The number of hydrogen-bond acceptors (Lipinski definition) is 3. The summed E-state index contributed by atoms with van der Waals surface area (Å²) in [7, 11) is 0. The van der Waals surface area contributed by atoms with Crippen LogP contribution < -0.4 is 0 Å². The lowest BCUT2D eigenvalue weighted by atomic mass is 10.1. The summed E-state index contributed by atoms with van der Waals surface area (Å²) in [5.41, 5.74) is 1.79. The number of halogens is 2. The van der Waals surface area contributed by atoms with Crippen LogP contribution >= 0.6 is 45.9 Å². The van der Waals surface area contributed by atoms with Gasteiger partial charge in [0.2, 0.25) is 5.78 Å². The Bertz CT molecular complexity index is 457. The van der Waals surface area contributed by atoms with Crippen LogP contribution in [0.4, 0.5) is 0 Å². The average molecular weight is 291 g/mol. The van der Waals surface area contributed by atoms with Gasteiger partial charge in [0.25, 0.3) is 0 Å². The summed E-state index contributed by atoms with van der Waals surface area (Å²) in [5, 5.41) is 3.78. The van der Waals surface area contributed by atoms with Gasteiger partial charge >= 0.3 is 0 Å². The zero-order chi connectivity index (χ0) is 11.5. The number of carbonyl (C=O) groups excluding carboxylic acids is 1. The molecule has 0 saturated heterocycles. The van der Waals surface area contributed by atoms with E-state index < -0.39 is 0 Å². The van der Waals surface area contributed by atoms with Crippen LogP contribution in [0.25, 0.3) is 0 Å². The van der Waals surface area contributed by atoms with Gasteiger partial charge in [0.1, 0.15) is 0 Å². The molecule has 0 aromatic carbocycles. The molecule has 0 unspecified atom stereocenters. The topological polar surface area (TPSA) is 17.1 Å². The second kappa shape index (κ2) is 5.32. The predicted molar refractivity (Wildman–Crippen MR) is 71.2 cm³/mol. The predicted octanol–water partition coefficient (Wildman–Crippen LogP) is 4.52. The first kappa shape index (κ1) is 12.1. The minimum absolute atomic E-state index is 0.0382. The van der Waals surface area contributed by atoms with Gasteiger partial charge in [0.15, 0.2) is 0 Å². The van der Waals surface area contributed by atoms with Gasteiger partial charge in [-0.15, -0.1) is 45.9 Å².